The van der Waals surface area contributed by atoms with Crippen LogP contribution >= 0.6 is 0 Å². The van der Waals surface area contributed by atoms with Gasteiger partial charge in [-0.05, 0) is 0 Å². The maximum atomic E-state index is 10.4. The summed E-state index contributed by atoms with van der Waals surface area (Å²) in [6, 6.07) is 11.4. The Hall–Kier alpha value is -0.550. The number of hydrogen-bond donors (Lipinski definition) is 1. The summed E-state index contributed by atoms with van der Waals surface area (Å²) in [4.78, 5) is 0. The molecule has 0 saturated heterocycles. The number of benzene rings is 2. The first-order valence-electron chi connectivity index (χ1n) is 4.48. The van der Waals surface area contributed by atoms with Crippen LogP contribution < -0.4 is 7.00 Å². The third-order valence-corrected chi connectivity index (χ3v) is 3.13. The molecule has 0 spiro atoms. The monoisotopic (exact) mass is 230 g/mol. The van der Waals surface area contributed by atoms with Gasteiger partial charge in [-0.3, -0.25) is 0 Å². The van der Waals surface area contributed by atoms with Crippen LogP contribution in [0.15, 0.2) is 36.4 Å². The van der Waals surface area contributed by atoms with E-state index in [1.54, 1.807) is 12.1 Å². The Morgan fingerprint density at radius 2 is 1.67 bits per heavy atom. The van der Waals surface area contributed by atoms with Crippen molar-refractivity contribution in [1.29, 1.82) is 0 Å². The van der Waals surface area contributed by atoms with E-state index in [0.717, 1.165) is 38.7 Å². The number of rotatable bonds is 2. The molecule has 15 heavy (non-hydrogen) atoms. The van der Waals surface area contributed by atoms with Gasteiger partial charge in [-0.1, -0.05) is 0 Å². The van der Waals surface area contributed by atoms with E-state index in [0.29, 0.717) is 5.75 Å². The Kier molecular flexibility index (Phi) is 3.31. The van der Waals surface area contributed by atoms with Crippen LogP contribution in [-0.4, -0.2) is 36.3 Å². The predicted molar refractivity (Wildman–Crippen MR) is 60.3 cm³/mol. The molecule has 0 unspecified atom stereocenters. The summed E-state index contributed by atoms with van der Waals surface area (Å²) in [6.45, 7) is 0. The van der Waals surface area contributed by atoms with Gasteiger partial charge in [0.25, 0.3) is 0 Å². The molecule has 0 bridgehead atoms. The van der Waals surface area contributed by atoms with E-state index in [1.807, 2.05) is 18.2 Å². The fourth-order valence-corrected chi connectivity index (χ4v) is 2.25. The summed E-state index contributed by atoms with van der Waals surface area (Å²) >= 11 is 1.01. The maximum absolute atomic E-state index is 10.4. The molecule has 0 saturated carbocycles. The topological polar surface area (TPSA) is 43.4 Å². The second-order valence-corrected chi connectivity index (χ2v) is 5.11. The van der Waals surface area contributed by atoms with Gasteiger partial charge in [0.15, 0.2) is 0 Å². The van der Waals surface area contributed by atoms with Crippen LogP contribution in [0.5, 0.6) is 5.75 Å². The van der Waals surface area contributed by atoms with Crippen LogP contribution in [0.4, 0.5) is 0 Å². The first kappa shape index (κ1) is 11.0. The fourth-order valence-electron chi connectivity index (χ4n) is 1.49. The molecule has 2 rings (SSSR count). The number of thiol groups is 1. The molecule has 2 aromatic rings. The predicted octanol–water partition coefficient (Wildman–Crippen LogP) is 0.539. The molecule has 2 aromatic carbocycles. The molecule has 0 heterocycles. The van der Waals surface area contributed by atoms with Crippen molar-refractivity contribution in [2.75, 3.05) is 0 Å². The van der Waals surface area contributed by atoms with Crippen molar-refractivity contribution in [3.05, 3.63) is 36.4 Å². The van der Waals surface area contributed by atoms with E-state index in [2.05, 4.69) is 10.2 Å². The molecule has 72 valence electrons. The zero-order valence-electron chi connectivity index (χ0n) is 8.14. The van der Waals surface area contributed by atoms with Crippen molar-refractivity contribution >= 4 is 52.5 Å². The molecule has 0 amide bonds. The second kappa shape index (κ2) is 4.53. The van der Waals surface area contributed by atoms with Gasteiger partial charge < -0.3 is 0 Å². The third-order valence-electron chi connectivity index (χ3n) is 2.15. The summed E-state index contributed by atoms with van der Waals surface area (Å²) in [5.74, 6) is 0.361. The number of hydrogen-bond acceptors (Lipinski definition) is 3. The average Bonchev–Trinajstić information content (AvgIpc) is 2.17. The van der Waals surface area contributed by atoms with Gasteiger partial charge in [-0.2, -0.15) is 0 Å². The zero-order chi connectivity index (χ0) is 10.8. The molecule has 3 nitrogen and oxygen atoms in total. The SMILES string of the molecule is O=[SH](=O)Oc1ccc2c[c]([Na])ccc2c1. The summed E-state index contributed by atoms with van der Waals surface area (Å²) < 4.78 is 26.7. The van der Waals surface area contributed by atoms with E-state index >= 15 is 0 Å². The van der Waals surface area contributed by atoms with Crippen molar-refractivity contribution in [1.82, 2.24) is 0 Å². The van der Waals surface area contributed by atoms with E-state index in [4.69, 9.17) is 0 Å². The summed E-state index contributed by atoms with van der Waals surface area (Å²) in [5, 5.41) is 2.10. The normalized spacial score (nSPS) is 10.9. The molecular weight excluding hydrogens is 223 g/mol. The Morgan fingerprint density at radius 1 is 1.00 bits per heavy atom. The Labute approximate surface area is 107 Å². The molecule has 0 fully saturated rings. The number of fused-ring (bicyclic) bond motifs is 1. The van der Waals surface area contributed by atoms with Crippen LogP contribution in [-0.2, 0) is 11.0 Å². The molecule has 0 N–H and O–H groups in total. The van der Waals surface area contributed by atoms with E-state index in [1.165, 1.54) is 2.81 Å². The second-order valence-electron chi connectivity index (χ2n) is 3.33. The van der Waals surface area contributed by atoms with Gasteiger partial charge in [0.1, 0.15) is 0 Å². The van der Waals surface area contributed by atoms with Crippen LogP contribution in [0.25, 0.3) is 10.8 Å². The molecular formula is C10H7NaO3S. The summed E-state index contributed by atoms with van der Waals surface area (Å²) in [5.41, 5.74) is 0. The van der Waals surface area contributed by atoms with E-state index in [-0.39, 0.29) is 0 Å². The van der Waals surface area contributed by atoms with Crippen molar-refractivity contribution < 1.29 is 12.6 Å². The Morgan fingerprint density at radius 3 is 2.40 bits per heavy atom. The van der Waals surface area contributed by atoms with Gasteiger partial charge in [0, 0.05) is 0 Å². The van der Waals surface area contributed by atoms with Gasteiger partial charge >= 0.3 is 107 Å². The van der Waals surface area contributed by atoms with Gasteiger partial charge in [0.2, 0.25) is 0 Å². The minimum absolute atomic E-state index is 0.361. The van der Waals surface area contributed by atoms with Crippen LogP contribution in [0.1, 0.15) is 0 Å². The summed E-state index contributed by atoms with van der Waals surface area (Å²) in [7, 11) is -2.83. The first-order valence-corrected chi connectivity index (χ1v) is 6.57. The van der Waals surface area contributed by atoms with E-state index in [9.17, 15) is 8.42 Å². The van der Waals surface area contributed by atoms with Crippen LogP contribution in [0.3, 0.4) is 0 Å². The molecule has 0 aliphatic heterocycles. The van der Waals surface area contributed by atoms with Gasteiger partial charge in [0.05, 0.1) is 0 Å². The van der Waals surface area contributed by atoms with Crippen molar-refractivity contribution in [2.24, 2.45) is 0 Å². The van der Waals surface area contributed by atoms with Gasteiger partial charge in [-0.15, -0.1) is 0 Å². The molecule has 5 heteroatoms. The molecule has 0 atom stereocenters. The van der Waals surface area contributed by atoms with Crippen molar-refractivity contribution in [3.8, 4) is 5.75 Å². The fraction of sp³-hybridized carbons (Fsp3) is 0. The van der Waals surface area contributed by atoms with Crippen molar-refractivity contribution in [2.45, 2.75) is 0 Å². The Balaban J connectivity index is 2.52. The molecule has 0 radical (unpaired) electrons. The zero-order valence-corrected chi connectivity index (χ0v) is 11.0. The van der Waals surface area contributed by atoms with Crippen molar-refractivity contribution in [3.63, 3.8) is 0 Å². The van der Waals surface area contributed by atoms with E-state index < -0.39 is 11.0 Å². The van der Waals surface area contributed by atoms with Gasteiger partial charge in [-0.25, -0.2) is 0 Å². The standard InChI is InChI=1S/C10H7O3S.Na/c11-14(12)13-10-6-5-8-3-1-2-4-9(8)7-10;/h2-7,14H;. The van der Waals surface area contributed by atoms with Crippen LogP contribution in [0.2, 0.25) is 0 Å². The third kappa shape index (κ3) is 2.72. The quantitative estimate of drug-likeness (QED) is 0.605. The van der Waals surface area contributed by atoms with Crippen LogP contribution in [0, 0.1) is 0 Å². The Bertz CT molecular complexity index is 570. The summed E-state index contributed by atoms with van der Waals surface area (Å²) in [6.07, 6.45) is 0. The average molecular weight is 230 g/mol. The molecule has 0 aliphatic carbocycles. The molecule has 0 aliphatic rings. The first-order chi connectivity index (χ1) is 7.15. The molecule has 0 aromatic heterocycles. The minimum atomic E-state index is -2.83.